The van der Waals surface area contributed by atoms with E-state index in [9.17, 15) is 8.42 Å². The Bertz CT molecular complexity index is 1170. The van der Waals surface area contributed by atoms with E-state index in [1.165, 1.54) is 10.6 Å². The molecule has 3 heterocycles. The van der Waals surface area contributed by atoms with Gasteiger partial charge in [0.25, 0.3) is 0 Å². The molecule has 0 saturated carbocycles. The van der Waals surface area contributed by atoms with Crippen LogP contribution < -0.4 is 0 Å². The Balaban J connectivity index is 1.73. The number of rotatable bonds is 3. The van der Waals surface area contributed by atoms with Gasteiger partial charge in [-0.3, -0.25) is 0 Å². The first kappa shape index (κ1) is 18.2. The van der Waals surface area contributed by atoms with E-state index in [4.69, 9.17) is 11.6 Å². The van der Waals surface area contributed by atoms with Crippen molar-refractivity contribution in [3.05, 3.63) is 58.9 Å². The molecule has 0 saturated heterocycles. The Morgan fingerprint density at radius 1 is 1.22 bits per heavy atom. The van der Waals surface area contributed by atoms with Crippen molar-refractivity contribution < 1.29 is 8.42 Å². The van der Waals surface area contributed by atoms with Crippen molar-refractivity contribution in [1.82, 2.24) is 14.3 Å². The topological polar surface area (TPSA) is 66.1 Å². The van der Waals surface area contributed by atoms with E-state index < -0.39 is 10.0 Å². The number of H-pyrrole nitrogens is 1. The zero-order valence-electron chi connectivity index (χ0n) is 15.2. The summed E-state index contributed by atoms with van der Waals surface area (Å²) in [6, 6.07) is 10.1. The lowest BCUT2D eigenvalue weighted by Gasteiger charge is -2.23. The number of nitrogens with one attached hydrogen (secondary N) is 1. The van der Waals surface area contributed by atoms with E-state index >= 15 is 0 Å². The van der Waals surface area contributed by atoms with Crippen molar-refractivity contribution in [2.75, 3.05) is 19.3 Å². The van der Waals surface area contributed by atoms with Crippen LogP contribution in [0.25, 0.3) is 27.7 Å². The molecule has 1 N–H and O–H groups in total. The van der Waals surface area contributed by atoms with Gasteiger partial charge in [-0.05, 0) is 59.9 Å². The first-order valence-corrected chi connectivity index (χ1v) is 10.9. The predicted molar refractivity (Wildman–Crippen MR) is 110 cm³/mol. The molecule has 5 nitrogen and oxygen atoms in total. The van der Waals surface area contributed by atoms with E-state index in [0.717, 1.165) is 44.0 Å². The summed E-state index contributed by atoms with van der Waals surface area (Å²) in [7, 11) is -3.15. The van der Waals surface area contributed by atoms with Crippen molar-refractivity contribution >= 4 is 38.2 Å². The molecule has 0 bridgehead atoms. The van der Waals surface area contributed by atoms with Gasteiger partial charge in [-0.1, -0.05) is 23.7 Å². The molecule has 0 unspecified atom stereocenters. The quantitative estimate of drug-likeness (QED) is 0.713. The summed E-state index contributed by atoms with van der Waals surface area (Å²) < 4.78 is 24.9. The third-order valence-corrected chi connectivity index (χ3v) is 6.68. The molecule has 1 aliphatic rings. The van der Waals surface area contributed by atoms with Crippen LogP contribution in [-0.2, 0) is 10.0 Å². The highest BCUT2D eigenvalue weighted by molar-refractivity contribution is 7.88. The van der Waals surface area contributed by atoms with Gasteiger partial charge in [-0.15, -0.1) is 0 Å². The standard InChI is InChI=1S/C20H20ClN3O2S/c1-13-11-15(3-4-18(13)21)16-5-8-22-20-17(16)12-19(23-20)14-6-9-24(10-7-14)27(2,25)26/h3-6,8,11-12H,7,9-10H2,1-2H3,(H,22,23). The Labute approximate surface area is 163 Å². The van der Waals surface area contributed by atoms with Gasteiger partial charge in [0.15, 0.2) is 0 Å². The van der Waals surface area contributed by atoms with Crippen molar-refractivity contribution in [2.45, 2.75) is 13.3 Å². The molecule has 0 spiro atoms. The fourth-order valence-electron chi connectivity index (χ4n) is 3.46. The Hall–Kier alpha value is -2.15. The summed E-state index contributed by atoms with van der Waals surface area (Å²) >= 11 is 6.16. The third-order valence-electron chi connectivity index (χ3n) is 4.99. The van der Waals surface area contributed by atoms with E-state index in [0.29, 0.717) is 19.5 Å². The maximum atomic E-state index is 11.7. The van der Waals surface area contributed by atoms with Gasteiger partial charge >= 0.3 is 0 Å². The lowest BCUT2D eigenvalue weighted by Crippen LogP contribution is -2.33. The fraction of sp³-hybridized carbons (Fsp3) is 0.250. The highest BCUT2D eigenvalue weighted by Crippen LogP contribution is 2.33. The first-order valence-electron chi connectivity index (χ1n) is 8.72. The van der Waals surface area contributed by atoms with Crippen LogP contribution in [0.1, 0.15) is 17.7 Å². The molecule has 0 atom stereocenters. The number of aryl methyl sites for hydroxylation is 1. The third kappa shape index (κ3) is 3.52. The molecule has 0 radical (unpaired) electrons. The van der Waals surface area contributed by atoms with Crippen molar-refractivity contribution in [3.63, 3.8) is 0 Å². The minimum atomic E-state index is -3.15. The molecular formula is C20H20ClN3O2S. The second-order valence-corrected chi connectivity index (χ2v) is 9.26. The summed E-state index contributed by atoms with van der Waals surface area (Å²) in [6.07, 6.45) is 5.69. The lowest BCUT2D eigenvalue weighted by molar-refractivity contribution is 0.445. The number of halogens is 1. The number of aromatic amines is 1. The molecule has 0 amide bonds. The minimum Gasteiger partial charge on any atom is -0.339 e. The zero-order chi connectivity index (χ0) is 19.2. The summed E-state index contributed by atoms with van der Waals surface area (Å²) in [5.41, 5.74) is 6.15. The van der Waals surface area contributed by atoms with Gasteiger partial charge in [0.2, 0.25) is 10.0 Å². The van der Waals surface area contributed by atoms with E-state index in [2.05, 4.69) is 22.1 Å². The van der Waals surface area contributed by atoms with Gasteiger partial charge in [-0.25, -0.2) is 13.4 Å². The number of fused-ring (bicyclic) bond motifs is 1. The van der Waals surface area contributed by atoms with Crippen LogP contribution in [0.5, 0.6) is 0 Å². The van der Waals surface area contributed by atoms with Crippen molar-refractivity contribution in [1.29, 1.82) is 0 Å². The number of nitrogens with zero attached hydrogens (tertiary/aromatic N) is 2. The number of sulfonamides is 1. The van der Waals surface area contributed by atoms with Crippen LogP contribution in [0.2, 0.25) is 5.02 Å². The number of aromatic nitrogens is 2. The van der Waals surface area contributed by atoms with Crippen LogP contribution in [-0.4, -0.2) is 42.0 Å². The average molecular weight is 402 g/mol. The van der Waals surface area contributed by atoms with Crippen LogP contribution in [0.3, 0.4) is 0 Å². The molecule has 7 heteroatoms. The number of benzene rings is 1. The van der Waals surface area contributed by atoms with Crippen molar-refractivity contribution in [2.24, 2.45) is 0 Å². The molecule has 0 fully saturated rings. The molecule has 4 rings (SSSR count). The van der Waals surface area contributed by atoms with Gasteiger partial charge in [0, 0.05) is 35.4 Å². The van der Waals surface area contributed by atoms with Gasteiger partial charge in [-0.2, -0.15) is 4.31 Å². The van der Waals surface area contributed by atoms with Crippen LogP contribution in [0.15, 0.2) is 42.6 Å². The summed E-state index contributed by atoms with van der Waals surface area (Å²) in [6.45, 7) is 2.89. The van der Waals surface area contributed by atoms with Gasteiger partial charge in [0.05, 0.1) is 6.26 Å². The summed E-state index contributed by atoms with van der Waals surface area (Å²) in [5.74, 6) is 0. The van der Waals surface area contributed by atoms with Crippen LogP contribution >= 0.6 is 11.6 Å². The molecule has 140 valence electrons. The number of hydrogen-bond donors (Lipinski definition) is 1. The zero-order valence-corrected chi connectivity index (χ0v) is 16.7. The molecule has 27 heavy (non-hydrogen) atoms. The Morgan fingerprint density at radius 3 is 2.70 bits per heavy atom. The Kier molecular flexibility index (Phi) is 4.58. The average Bonchev–Trinajstić information content (AvgIpc) is 3.08. The maximum Gasteiger partial charge on any atom is 0.211 e. The smallest absolute Gasteiger partial charge is 0.211 e. The molecular weight excluding hydrogens is 382 g/mol. The predicted octanol–water partition coefficient (Wildman–Crippen LogP) is 4.24. The van der Waals surface area contributed by atoms with Crippen molar-refractivity contribution in [3.8, 4) is 11.1 Å². The molecule has 1 aromatic carbocycles. The largest absolute Gasteiger partial charge is 0.339 e. The first-order chi connectivity index (χ1) is 12.8. The molecule has 2 aromatic heterocycles. The second-order valence-electron chi connectivity index (χ2n) is 6.87. The monoisotopic (exact) mass is 401 g/mol. The minimum absolute atomic E-state index is 0.403. The number of pyridine rings is 1. The van der Waals surface area contributed by atoms with Crippen LogP contribution in [0, 0.1) is 6.92 Å². The normalized spacial score (nSPS) is 15.9. The number of hydrogen-bond acceptors (Lipinski definition) is 3. The summed E-state index contributed by atoms with van der Waals surface area (Å²) in [4.78, 5) is 7.84. The SMILES string of the molecule is Cc1cc(-c2ccnc3[nH]c(C4=CCN(S(C)(=O)=O)CC4)cc23)ccc1Cl. The fourth-order valence-corrected chi connectivity index (χ4v) is 4.35. The maximum absolute atomic E-state index is 11.7. The second kappa shape index (κ2) is 6.78. The van der Waals surface area contributed by atoms with E-state index in [1.807, 2.05) is 31.2 Å². The van der Waals surface area contributed by atoms with E-state index in [1.54, 1.807) is 6.20 Å². The molecule has 3 aromatic rings. The van der Waals surface area contributed by atoms with Gasteiger partial charge < -0.3 is 4.98 Å². The Morgan fingerprint density at radius 2 is 2.04 bits per heavy atom. The highest BCUT2D eigenvalue weighted by Gasteiger charge is 2.21. The van der Waals surface area contributed by atoms with E-state index in [-0.39, 0.29) is 0 Å². The summed E-state index contributed by atoms with van der Waals surface area (Å²) in [5, 5.41) is 1.79. The van der Waals surface area contributed by atoms with Crippen LogP contribution in [0.4, 0.5) is 0 Å². The van der Waals surface area contributed by atoms with Gasteiger partial charge in [0.1, 0.15) is 5.65 Å². The lowest BCUT2D eigenvalue weighted by atomic mass is 10.0. The highest BCUT2D eigenvalue weighted by atomic mass is 35.5. The molecule has 0 aliphatic carbocycles. The molecule has 1 aliphatic heterocycles.